The van der Waals surface area contributed by atoms with E-state index in [2.05, 4.69) is 4.90 Å². The first-order valence-electron chi connectivity index (χ1n) is 11.8. The number of anilines is 2. The van der Waals surface area contributed by atoms with Crippen LogP contribution in [0.4, 0.5) is 11.4 Å². The number of benzene rings is 2. The van der Waals surface area contributed by atoms with Gasteiger partial charge in [0, 0.05) is 41.1 Å². The number of likely N-dealkylation sites (N-methyl/N-ethyl adjacent to an activating group) is 1. The Morgan fingerprint density at radius 1 is 1.09 bits per heavy atom. The second-order valence-electron chi connectivity index (χ2n) is 9.28. The number of carbonyl (C=O) groups is 1. The predicted octanol–water partition coefficient (Wildman–Crippen LogP) is 7.82. The Hall–Kier alpha value is -2.07. The second-order valence-corrected chi connectivity index (χ2v) is 12.7. The van der Waals surface area contributed by atoms with Crippen molar-refractivity contribution in [1.82, 2.24) is 4.31 Å². The molecule has 0 bridgehead atoms. The fourth-order valence-electron chi connectivity index (χ4n) is 5.31. The Morgan fingerprint density at radius 3 is 2.46 bits per heavy atom. The average Bonchev–Trinajstić information content (AvgIpc) is 3.33. The lowest BCUT2D eigenvalue weighted by atomic mass is 9.83. The van der Waals surface area contributed by atoms with Crippen molar-refractivity contribution in [2.75, 3.05) is 18.5 Å². The Bertz CT molecular complexity index is 1230. The minimum Gasteiger partial charge on any atom is -0.478 e. The van der Waals surface area contributed by atoms with Gasteiger partial charge in [-0.05, 0) is 49.1 Å². The summed E-state index contributed by atoms with van der Waals surface area (Å²) >= 11 is 8.05. The Kier molecular flexibility index (Phi) is 6.87. The van der Waals surface area contributed by atoms with E-state index in [9.17, 15) is 19.0 Å². The second kappa shape index (κ2) is 9.76. The molecule has 1 aliphatic carbocycles. The van der Waals surface area contributed by atoms with Crippen LogP contribution in [0.3, 0.4) is 0 Å². The number of nitrogens with zero attached hydrogens (tertiary/aromatic N) is 2. The molecule has 186 valence electrons. The van der Waals surface area contributed by atoms with Gasteiger partial charge in [-0.1, -0.05) is 49.1 Å². The molecular formula is C26H29ClN2O4S2. The molecule has 6 nitrogen and oxygen atoms in total. The molecule has 1 atom stereocenters. The van der Waals surface area contributed by atoms with Gasteiger partial charge < -0.3 is 10.0 Å². The Balaban J connectivity index is 1.67. The van der Waals surface area contributed by atoms with Crippen LogP contribution >= 0.6 is 33.7 Å². The summed E-state index contributed by atoms with van der Waals surface area (Å²) in [6.07, 6.45) is 5.69. The summed E-state index contributed by atoms with van der Waals surface area (Å²) in [6.45, 7) is 0.617. The van der Waals surface area contributed by atoms with Gasteiger partial charge in [-0.15, -0.1) is 22.1 Å². The molecule has 0 spiro atoms. The predicted molar refractivity (Wildman–Crippen MR) is 144 cm³/mol. The Labute approximate surface area is 216 Å². The molecule has 2 aliphatic rings. The molecule has 35 heavy (non-hydrogen) atoms. The zero-order valence-corrected chi connectivity index (χ0v) is 21.8. The minimum absolute atomic E-state index is 0.0458. The summed E-state index contributed by atoms with van der Waals surface area (Å²) in [6, 6.07) is 15.0. The van der Waals surface area contributed by atoms with Crippen molar-refractivity contribution in [2.24, 2.45) is 5.92 Å². The van der Waals surface area contributed by atoms with Crippen LogP contribution in [0.5, 0.6) is 0 Å². The normalized spacial score (nSPS) is 21.8. The summed E-state index contributed by atoms with van der Waals surface area (Å²) in [7, 11) is -1.52. The van der Waals surface area contributed by atoms with Crippen LogP contribution in [0, 0.1) is 5.92 Å². The standard InChI is InChI=1S/C26H29ClN2O4S2/c1-28-23(17-8-4-2-5-9-17)15-29(19-10-6-3-7-11-19)22-14-21(27)20(13-25(22)35(28,32)33)24-12-18(16-34-24)26(30)31/h3,6-7,10-14,16-17,23,32-33H,2,4-5,8-9,15H2,1H3,(H,30,31). The molecule has 1 aliphatic heterocycles. The molecule has 9 heteroatoms. The molecule has 2 aromatic carbocycles. The fraction of sp³-hybridized carbons (Fsp3) is 0.346. The highest BCUT2D eigenvalue weighted by Crippen LogP contribution is 2.60. The number of carboxylic acid groups (broad SMARTS) is 1. The first kappa shape index (κ1) is 24.6. The van der Waals surface area contributed by atoms with Crippen LogP contribution in [0.2, 0.25) is 5.02 Å². The van der Waals surface area contributed by atoms with Crippen molar-refractivity contribution in [3.63, 3.8) is 0 Å². The van der Waals surface area contributed by atoms with Gasteiger partial charge in [-0.3, -0.25) is 9.11 Å². The molecule has 5 rings (SSSR count). The molecule has 1 saturated carbocycles. The van der Waals surface area contributed by atoms with Gasteiger partial charge in [0.05, 0.1) is 21.2 Å². The quantitative estimate of drug-likeness (QED) is 0.317. The van der Waals surface area contributed by atoms with Crippen molar-refractivity contribution < 1.29 is 19.0 Å². The molecule has 2 heterocycles. The van der Waals surface area contributed by atoms with Crippen LogP contribution in [0.1, 0.15) is 42.5 Å². The highest BCUT2D eigenvalue weighted by atomic mass is 35.5. The van der Waals surface area contributed by atoms with Crippen molar-refractivity contribution in [3.8, 4) is 10.4 Å². The fourth-order valence-corrected chi connectivity index (χ4v) is 8.19. The van der Waals surface area contributed by atoms with Crippen LogP contribution < -0.4 is 4.90 Å². The average molecular weight is 533 g/mol. The largest absolute Gasteiger partial charge is 0.478 e. The van der Waals surface area contributed by atoms with E-state index in [1.165, 1.54) is 17.8 Å². The van der Waals surface area contributed by atoms with Crippen LogP contribution in [0.15, 0.2) is 58.8 Å². The van der Waals surface area contributed by atoms with Gasteiger partial charge in [-0.2, -0.15) is 4.31 Å². The number of aromatic carboxylic acids is 1. The maximum absolute atomic E-state index is 11.7. The summed E-state index contributed by atoms with van der Waals surface area (Å²) in [5, 5.41) is 11.4. The maximum Gasteiger partial charge on any atom is 0.336 e. The van der Waals surface area contributed by atoms with Crippen molar-refractivity contribution in [2.45, 2.75) is 43.0 Å². The van der Waals surface area contributed by atoms with Crippen LogP contribution in [-0.4, -0.2) is 44.1 Å². The monoisotopic (exact) mass is 532 g/mol. The molecule has 0 amide bonds. The highest BCUT2D eigenvalue weighted by molar-refractivity contribution is 8.22. The van der Waals surface area contributed by atoms with E-state index in [0.29, 0.717) is 38.5 Å². The number of halogens is 1. The topological polar surface area (TPSA) is 84.2 Å². The summed E-state index contributed by atoms with van der Waals surface area (Å²) in [5.74, 6) is -0.640. The van der Waals surface area contributed by atoms with Gasteiger partial charge in [0.2, 0.25) is 0 Å². The third-order valence-corrected chi connectivity index (χ3v) is 10.5. The smallest absolute Gasteiger partial charge is 0.336 e. The molecular weight excluding hydrogens is 504 g/mol. The molecule has 1 fully saturated rings. The zero-order valence-electron chi connectivity index (χ0n) is 19.4. The van der Waals surface area contributed by atoms with Gasteiger partial charge in [0.1, 0.15) is 0 Å². The maximum atomic E-state index is 11.7. The summed E-state index contributed by atoms with van der Waals surface area (Å²) in [5.41, 5.74) is 2.42. The number of hydrogen-bond acceptors (Lipinski definition) is 6. The van der Waals surface area contributed by atoms with E-state index >= 15 is 0 Å². The van der Waals surface area contributed by atoms with Gasteiger partial charge in [0.25, 0.3) is 0 Å². The lowest BCUT2D eigenvalue weighted by Crippen LogP contribution is -2.45. The first-order chi connectivity index (χ1) is 16.8. The first-order valence-corrected chi connectivity index (χ1v) is 14.5. The molecule has 1 aromatic heterocycles. The summed E-state index contributed by atoms with van der Waals surface area (Å²) < 4.78 is 25.2. The number of carboxylic acids is 1. The van der Waals surface area contributed by atoms with Gasteiger partial charge >= 0.3 is 5.97 Å². The SMILES string of the molecule is CN1C(C2CCCCC2)CN(c2ccccc2)c2cc(Cl)c(-c3cc(C(=O)O)cs3)cc2S1(O)O. The zero-order chi connectivity index (χ0) is 24.7. The van der Waals surface area contributed by atoms with Gasteiger partial charge in [0.15, 0.2) is 0 Å². The Morgan fingerprint density at radius 2 is 1.80 bits per heavy atom. The van der Waals surface area contributed by atoms with E-state index in [1.807, 2.05) is 37.4 Å². The molecule has 3 aromatic rings. The van der Waals surface area contributed by atoms with Gasteiger partial charge in [-0.25, -0.2) is 4.79 Å². The molecule has 0 radical (unpaired) electrons. The van der Waals surface area contributed by atoms with E-state index in [1.54, 1.807) is 27.9 Å². The number of fused-ring (bicyclic) bond motifs is 1. The van der Waals surface area contributed by atoms with Crippen LogP contribution in [-0.2, 0) is 0 Å². The van der Waals surface area contributed by atoms with E-state index < -0.39 is 16.7 Å². The lowest BCUT2D eigenvalue weighted by molar-refractivity contribution is 0.0697. The number of para-hydroxylation sites is 1. The molecule has 0 saturated heterocycles. The third kappa shape index (κ3) is 4.59. The lowest BCUT2D eigenvalue weighted by Gasteiger charge is -2.46. The van der Waals surface area contributed by atoms with Crippen molar-refractivity contribution >= 4 is 51.1 Å². The number of hydrogen-bond donors (Lipinski definition) is 3. The molecule has 1 unspecified atom stereocenters. The third-order valence-electron chi connectivity index (χ3n) is 7.25. The van der Waals surface area contributed by atoms with Crippen molar-refractivity contribution in [1.29, 1.82) is 0 Å². The highest BCUT2D eigenvalue weighted by Gasteiger charge is 2.41. The summed E-state index contributed by atoms with van der Waals surface area (Å²) in [4.78, 5) is 14.7. The minimum atomic E-state index is -3.33. The van der Waals surface area contributed by atoms with E-state index in [-0.39, 0.29) is 11.6 Å². The number of thiophene rings is 1. The molecule has 3 N–H and O–H groups in total. The van der Waals surface area contributed by atoms with Crippen LogP contribution in [0.25, 0.3) is 10.4 Å². The number of rotatable bonds is 4. The van der Waals surface area contributed by atoms with E-state index in [0.717, 1.165) is 31.4 Å². The van der Waals surface area contributed by atoms with Crippen molar-refractivity contribution in [3.05, 3.63) is 64.5 Å². The van der Waals surface area contributed by atoms with E-state index in [4.69, 9.17) is 11.6 Å².